The van der Waals surface area contributed by atoms with Crippen LogP contribution in [0.25, 0.3) is 11.5 Å². The first kappa shape index (κ1) is 16.4. The molecular weight excluding hydrogens is 358 g/mol. The van der Waals surface area contributed by atoms with Gasteiger partial charge in [0.2, 0.25) is 0 Å². The van der Waals surface area contributed by atoms with Gasteiger partial charge in [0, 0.05) is 16.1 Å². The summed E-state index contributed by atoms with van der Waals surface area (Å²) in [5.74, 6) is 0.770. The SMILES string of the molecule is CCCOCC(C)(N)c1noc(-c2cc(Cl)ccc2Br)n1. The van der Waals surface area contributed by atoms with Gasteiger partial charge < -0.3 is 15.0 Å². The quantitative estimate of drug-likeness (QED) is 0.779. The zero-order chi connectivity index (χ0) is 15.5. The first-order valence-corrected chi connectivity index (χ1v) is 7.77. The van der Waals surface area contributed by atoms with E-state index in [4.69, 9.17) is 26.6 Å². The highest BCUT2D eigenvalue weighted by atomic mass is 79.9. The van der Waals surface area contributed by atoms with Crippen LogP contribution in [0.2, 0.25) is 5.02 Å². The topological polar surface area (TPSA) is 74.2 Å². The molecule has 1 atom stereocenters. The maximum Gasteiger partial charge on any atom is 0.259 e. The van der Waals surface area contributed by atoms with Crippen LogP contribution in [0.15, 0.2) is 27.2 Å². The number of aromatic nitrogens is 2. The molecule has 2 N–H and O–H groups in total. The average molecular weight is 375 g/mol. The van der Waals surface area contributed by atoms with Crippen LogP contribution >= 0.6 is 27.5 Å². The van der Waals surface area contributed by atoms with Crippen LogP contribution in [-0.4, -0.2) is 23.4 Å². The Kier molecular flexibility index (Phi) is 5.37. The highest BCUT2D eigenvalue weighted by Gasteiger charge is 2.28. The second kappa shape index (κ2) is 6.87. The number of ether oxygens (including phenoxy) is 1. The van der Waals surface area contributed by atoms with Gasteiger partial charge in [-0.1, -0.05) is 23.7 Å². The molecule has 2 aromatic rings. The third-order valence-electron chi connectivity index (χ3n) is 2.85. The van der Waals surface area contributed by atoms with Gasteiger partial charge in [0.25, 0.3) is 5.89 Å². The number of hydrogen-bond donors (Lipinski definition) is 1. The highest BCUT2D eigenvalue weighted by molar-refractivity contribution is 9.10. The third kappa shape index (κ3) is 4.03. The van der Waals surface area contributed by atoms with Crippen LogP contribution in [0.3, 0.4) is 0 Å². The molecule has 0 radical (unpaired) electrons. The second-order valence-electron chi connectivity index (χ2n) is 5.02. The Labute approximate surface area is 136 Å². The molecule has 1 aromatic carbocycles. The molecule has 0 spiro atoms. The highest BCUT2D eigenvalue weighted by Crippen LogP contribution is 2.30. The lowest BCUT2D eigenvalue weighted by atomic mass is 10.1. The molecule has 1 heterocycles. The van der Waals surface area contributed by atoms with E-state index in [2.05, 4.69) is 26.1 Å². The molecule has 7 heteroatoms. The van der Waals surface area contributed by atoms with Crippen LogP contribution in [0.5, 0.6) is 0 Å². The molecule has 1 aromatic heterocycles. The summed E-state index contributed by atoms with van der Waals surface area (Å²) in [6, 6.07) is 5.36. The van der Waals surface area contributed by atoms with Crippen molar-refractivity contribution in [1.29, 1.82) is 0 Å². The molecule has 0 bridgehead atoms. The van der Waals surface area contributed by atoms with Gasteiger partial charge in [0.05, 0.1) is 12.2 Å². The smallest absolute Gasteiger partial charge is 0.259 e. The van der Waals surface area contributed by atoms with E-state index < -0.39 is 5.54 Å². The Morgan fingerprint density at radius 1 is 1.48 bits per heavy atom. The van der Waals surface area contributed by atoms with Crippen molar-refractivity contribution in [3.05, 3.63) is 33.5 Å². The Bertz CT molecular complexity index is 616. The first-order valence-electron chi connectivity index (χ1n) is 6.60. The van der Waals surface area contributed by atoms with Crippen LogP contribution in [0.1, 0.15) is 26.1 Å². The largest absolute Gasteiger partial charge is 0.379 e. The maximum absolute atomic E-state index is 6.19. The van der Waals surface area contributed by atoms with Crippen LogP contribution in [-0.2, 0) is 10.3 Å². The monoisotopic (exact) mass is 373 g/mol. The summed E-state index contributed by atoms with van der Waals surface area (Å²) in [6.07, 6.45) is 0.934. The predicted molar refractivity (Wildman–Crippen MR) is 85.1 cm³/mol. The molecule has 0 aliphatic carbocycles. The number of nitrogens with zero attached hydrogens (tertiary/aromatic N) is 2. The van der Waals surface area contributed by atoms with Crippen molar-refractivity contribution in [3.63, 3.8) is 0 Å². The Morgan fingerprint density at radius 2 is 2.24 bits per heavy atom. The molecule has 0 aliphatic heterocycles. The van der Waals surface area contributed by atoms with Gasteiger partial charge in [0.15, 0.2) is 5.82 Å². The van der Waals surface area contributed by atoms with Gasteiger partial charge in [-0.3, -0.25) is 0 Å². The van der Waals surface area contributed by atoms with Crippen molar-refractivity contribution in [1.82, 2.24) is 10.1 Å². The van der Waals surface area contributed by atoms with E-state index in [0.717, 1.165) is 16.5 Å². The van der Waals surface area contributed by atoms with Gasteiger partial charge in [-0.15, -0.1) is 0 Å². The molecule has 0 aliphatic rings. The van der Waals surface area contributed by atoms with E-state index >= 15 is 0 Å². The summed E-state index contributed by atoms with van der Waals surface area (Å²) in [5, 5.41) is 4.55. The maximum atomic E-state index is 6.19. The van der Waals surface area contributed by atoms with Crippen molar-refractivity contribution in [2.75, 3.05) is 13.2 Å². The predicted octanol–water partition coefficient (Wildman–Crippen LogP) is 3.75. The van der Waals surface area contributed by atoms with Crippen molar-refractivity contribution >= 4 is 27.5 Å². The molecule has 114 valence electrons. The van der Waals surface area contributed by atoms with E-state index in [9.17, 15) is 0 Å². The van der Waals surface area contributed by atoms with Gasteiger partial charge in [-0.2, -0.15) is 4.98 Å². The zero-order valence-electron chi connectivity index (χ0n) is 11.9. The van der Waals surface area contributed by atoms with Crippen LogP contribution in [0, 0.1) is 0 Å². The second-order valence-corrected chi connectivity index (χ2v) is 6.31. The molecule has 2 rings (SSSR count). The van der Waals surface area contributed by atoms with Crippen molar-refractivity contribution < 1.29 is 9.26 Å². The van der Waals surface area contributed by atoms with Crippen LogP contribution in [0.4, 0.5) is 0 Å². The van der Waals surface area contributed by atoms with Gasteiger partial charge in [-0.25, -0.2) is 0 Å². The average Bonchev–Trinajstić information content (AvgIpc) is 2.92. The minimum atomic E-state index is -0.804. The molecule has 0 amide bonds. The Hall–Kier alpha value is -0.950. The molecule has 0 fully saturated rings. The Balaban J connectivity index is 2.23. The molecule has 21 heavy (non-hydrogen) atoms. The van der Waals surface area contributed by atoms with Crippen molar-refractivity contribution in [3.8, 4) is 11.5 Å². The van der Waals surface area contributed by atoms with Gasteiger partial charge >= 0.3 is 0 Å². The first-order chi connectivity index (χ1) is 9.94. The lowest BCUT2D eigenvalue weighted by Gasteiger charge is -2.19. The fourth-order valence-corrected chi connectivity index (χ4v) is 2.31. The number of hydrogen-bond acceptors (Lipinski definition) is 5. The third-order valence-corrected chi connectivity index (χ3v) is 3.77. The molecule has 0 saturated carbocycles. The Morgan fingerprint density at radius 3 is 2.95 bits per heavy atom. The minimum Gasteiger partial charge on any atom is -0.379 e. The zero-order valence-corrected chi connectivity index (χ0v) is 14.2. The van der Waals surface area contributed by atoms with Crippen LogP contribution < -0.4 is 5.73 Å². The summed E-state index contributed by atoms with van der Waals surface area (Å²) in [6.45, 7) is 4.83. The van der Waals surface area contributed by atoms with Crippen molar-refractivity contribution in [2.24, 2.45) is 5.73 Å². The fraction of sp³-hybridized carbons (Fsp3) is 0.429. The summed E-state index contributed by atoms with van der Waals surface area (Å²) >= 11 is 9.43. The van der Waals surface area contributed by atoms with E-state index in [1.165, 1.54) is 0 Å². The van der Waals surface area contributed by atoms with E-state index in [1.54, 1.807) is 12.1 Å². The van der Waals surface area contributed by atoms with Gasteiger partial charge in [0.1, 0.15) is 5.54 Å². The molecule has 1 unspecified atom stereocenters. The lowest BCUT2D eigenvalue weighted by molar-refractivity contribution is 0.0867. The summed E-state index contributed by atoms with van der Waals surface area (Å²) in [4.78, 5) is 4.36. The van der Waals surface area contributed by atoms with Crippen molar-refractivity contribution in [2.45, 2.75) is 25.8 Å². The number of halogens is 2. The summed E-state index contributed by atoms with van der Waals surface area (Å²) < 4.78 is 11.6. The molecular formula is C14H17BrClN3O2. The lowest BCUT2D eigenvalue weighted by Crippen LogP contribution is -2.39. The molecule has 0 saturated heterocycles. The number of nitrogens with two attached hydrogens (primary N) is 1. The summed E-state index contributed by atoms with van der Waals surface area (Å²) in [7, 11) is 0. The van der Waals surface area contributed by atoms with E-state index in [-0.39, 0.29) is 0 Å². The van der Waals surface area contributed by atoms with E-state index in [1.807, 2.05) is 19.9 Å². The minimum absolute atomic E-state index is 0.330. The number of benzene rings is 1. The standard InChI is InChI=1S/C14H17BrClN3O2/c1-3-6-20-8-14(2,17)13-18-12(21-19-13)10-7-9(16)4-5-11(10)15/h4-5,7H,3,6,8,17H2,1-2H3. The summed E-state index contributed by atoms with van der Waals surface area (Å²) in [5.41, 5.74) is 6.12. The molecule has 5 nitrogen and oxygen atoms in total. The fourth-order valence-electron chi connectivity index (χ4n) is 1.72. The van der Waals surface area contributed by atoms with Gasteiger partial charge in [-0.05, 0) is 47.5 Å². The van der Waals surface area contributed by atoms with E-state index in [0.29, 0.717) is 30.0 Å². The normalized spacial score (nSPS) is 14.1. The number of rotatable bonds is 6.